The van der Waals surface area contributed by atoms with Crippen molar-refractivity contribution >= 4 is 17.0 Å². The van der Waals surface area contributed by atoms with E-state index in [4.69, 9.17) is 0 Å². The van der Waals surface area contributed by atoms with Gasteiger partial charge in [0.1, 0.15) is 0 Å². The third kappa shape index (κ3) is 3.04. The third-order valence-corrected chi connectivity index (χ3v) is 3.57. The highest BCUT2D eigenvalue weighted by Crippen LogP contribution is 2.29. The molecule has 1 nitrogen and oxygen atoms in total. The molecule has 0 radical (unpaired) electrons. The van der Waals surface area contributed by atoms with Crippen LogP contribution in [0.3, 0.4) is 0 Å². The Labute approximate surface area is 107 Å². The number of benzene rings is 1. The van der Waals surface area contributed by atoms with Gasteiger partial charge >= 0.3 is 6.18 Å². The fraction of sp³-hybridized carbons (Fsp3) is 0.231. The zero-order valence-electron chi connectivity index (χ0n) is 9.71. The predicted octanol–water partition coefficient (Wildman–Crippen LogP) is 4.69. The van der Waals surface area contributed by atoms with Crippen molar-refractivity contribution in [2.24, 2.45) is 0 Å². The fourth-order valence-corrected chi connectivity index (χ4v) is 2.40. The van der Waals surface area contributed by atoms with Crippen LogP contribution in [0.15, 0.2) is 35.0 Å². The van der Waals surface area contributed by atoms with Crippen LogP contribution < -0.4 is 5.32 Å². The van der Waals surface area contributed by atoms with Gasteiger partial charge in [0.15, 0.2) is 0 Å². The first kappa shape index (κ1) is 13.0. The Morgan fingerprint density at radius 2 is 1.78 bits per heavy atom. The van der Waals surface area contributed by atoms with Crippen LogP contribution in [0.1, 0.15) is 16.7 Å². The second-order valence-electron chi connectivity index (χ2n) is 4.01. The molecule has 0 spiro atoms. The molecule has 0 saturated carbocycles. The van der Waals surface area contributed by atoms with E-state index in [9.17, 15) is 13.2 Å². The fourth-order valence-electron chi connectivity index (χ4n) is 1.54. The van der Waals surface area contributed by atoms with Gasteiger partial charge in [0.05, 0.1) is 5.56 Å². The van der Waals surface area contributed by atoms with Crippen molar-refractivity contribution in [2.75, 3.05) is 5.32 Å². The quantitative estimate of drug-likeness (QED) is 0.854. The summed E-state index contributed by atoms with van der Waals surface area (Å²) in [4.78, 5) is 0. The van der Waals surface area contributed by atoms with E-state index in [-0.39, 0.29) is 0 Å². The molecule has 0 aliphatic rings. The second-order valence-corrected chi connectivity index (χ2v) is 4.75. The average molecular weight is 271 g/mol. The normalized spacial score (nSPS) is 11.6. The number of hydrogen-bond acceptors (Lipinski definition) is 2. The number of aryl methyl sites for hydroxylation is 1. The third-order valence-electron chi connectivity index (χ3n) is 2.66. The predicted molar refractivity (Wildman–Crippen MR) is 67.8 cm³/mol. The zero-order chi connectivity index (χ0) is 13.2. The molecule has 1 N–H and O–H groups in total. The van der Waals surface area contributed by atoms with Crippen molar-refractivity contribution in [3.8, 4) is 0 Å². The topological polar surface area (TPSA) is 12.0 Å². The van der Waals surface area contributed by atoms with Gasteiger partial charge < -0.3 is 5.32 Å². The smallest absolute Gasteiger partial charge is 0.381 e. The Hall–Kier alpha value is -1.49. The molecule has 1 aromatic carbocycles. The van der Waals surface area contributed by atoms with Crippen molar-refractivity contribution in [1.82, 2.24) is 0 Å². The summed E-state index contributed by atoms with van der Waals surface area (Å²) in [7, 11) is 0. The molecule has 1 aromatic heterocycles. The first-order chi connectivity index (χ1) is 8.47. The number of halogens is 3. The van der Waals surface area contributed by atoms with E-state index in [0.29, 0.717) is 12.2 Å². The minimum atomic E-state index is -4.28. The summed E-state index contributed by atoms with van der Waals surface area (Å²) < 4.78 is 37.1. The van der Waals surface area contributed by atoms with Gasteiger partial charge in [-0.3, -0.25) is 0 Å². The Morgan fingerprint density at radius 3 is 2.28 bits per heavy atom. The molecular formula is C13H12F3NS. The first-order valence-corrected chi connectivity index (χ1v) is 6.34. The van der Waals surface area contributed by atoms with Crippen LogP contribution in [0.5, 0.6) is 0 Å². The molecule has 0 amide bonds. The lowest BCUT2D eigenvalue weighted by Crippen LogP contribution is -2.05. The Morgan fingerprint density at radius 1 is 1.11 bits per heavy atom. The molecule has 0 atom stereocenters. The zero-order valence-corrected chi connectivity index (χ0v) is 10.5. The van der Waals surface area contributed by atoms with Gasteiger partial charge in [-0.1, -0.05) is 0 Å². The highest BCUT2D eigenvalue weighted by atomic mass is 32.1. The van der Waals surface area contributed by atoms with E-state index in [1.54, 1.807) is 11.3 Å². The number of anilines is 1. The molecular weight excluding hydrogens is 259 g/mol. The molecule has 2 rings (SSSR count). The Kier molecular flexibility index (Phi) is 3.61. The van der Waals surface area contributed by atoms with E-state index >= 15 is 0 Å². The van der Waals surface area contributed by atoms with Gasteiger partial charge in [0.2, 0.25) is 0 Å². The van der Waals surface area contributed by atoms with Crippen LogP contribution in [0.2, 0.25) is 0 Å². The SMILES string of the molecule is Cc1cscc1CNc1ccc(C(F)(F)F)cc1. The van der Waals surface area contributed by atoms with Crippen molar-refractivity contribution in [2.45, 2.75) is 19.6 Å². The van der Waals surface area contributed by atoms with E-state index in [1.807, 2.05) is 17.7 Å². The molecule has 18 heavy (non-hydrogen) atoms. The average Bonchev–Trinajstić information content (AvgIpc) is 2.72. The van der Waals surface area contributed by atoms with Crippen LogP contribution in [0.25, 0.3) is 0 Å². The molecule has 1 heterocycles. The van der Waals surface area contributed by atoms with Gasteiger partial charge in [-0.05, 0) is 53.1 Å². The molecule has 96 valence electrons. The summed E-state index contributed by atoms with van der Waals surface area (Å²) in [5.41, 5.74) is 2.42. The van der Waals surface area contributed by atoms with Gasteiger partial charge in [-0.25, -0.2) is 0 Å². The number of nitrogens with one attached hydrogen (secondary N) is 1. The number of alkyl halides is 3. The molecule has 0 unspecified atom stereocenters. The number of rotatable bonds is 3. The lowest BCUT2D eigenvalue weighted by molar-refractivity contribution is -0.137. The van der Waals surface area contributed by atoms with Gasteiger partial charge in [-0.15, -0.1) is 0 Å². The molecule has 0 aliphatic carbocycles. The molecule has 0 bridgehead atoms. The summed E-state index contributed by atoms with van der Waals surface area (Å²) in [6.07, 6.45) is -4.28. The standard InChI is InChI=1S/C13H12F3NS/c1-9-7-18-8-10(9)6-17-12-4-2-11(3-5-12)13(14,15)16/h2-5,7-8,17H,6H2,1H3. The summed E-state index contributed by atoms with van der Waals surface area (Å²) in [6.45, 7) is 2.64. The van der Waals surface area contributed by atoms with Crippen molar-refractivity contribution in [3.05, 3.63) is 51.7 Å². The Bertz CT molecular complexity index is 514. The van der Waals surface area contributed by atoms with Crippen LogP contribution >= 0.6 is 11.3 Å². The molecule has 0 saturated heterocycles. The highest BCUT2D eigenvalue weighted by molar-refractivity contribution is 7.08. The number of thiophene rings is 1. The second kappa shape index (κ2) is 5.02. The van der Waals surface area contributed by atoms with E-state index in [1.165, 1.54) is 23.3 Å². The van der Waals surface area contributed by atoms with E-state index < -0.39 is 11.7 Å². The molecule has 2 aromatic rings. The van der Waals surface area contributed by atoms with Crippen molar-refractivity contribution in [3.63, 3.8) is 0 Å². The van der Waals surface area contributed by atoms with Gasteiger partial charge in [-0.2, -0.15) is 24.5 Å². The minimum absolute atomic E-state index is 0.625. The maximum absolute atomic E-state index is 12.4. The van der Waals surface area contributed by atoms with Crippen molar-refractivity contribution in [1.29, 1.82) is 0 Å². The monoisotopic (exact) mass is 271 g/mol. The summed E-state index contributed by atoms with van der Waals surface area (Å²) in [5.74, 6) is 0. The van der Waals surface area contributed by atoms with Crippen LogP contribution in [-0.4, -0.2) is 0 Å². The largest absolute Gasteiger partial charge is 0.416 e. The van der Waals surface area contributed by atoms with Gasteiger partial charge in [0, 0.05) is 12.2 Å². The minimum Gasteiger partial charge on any atom is -0.381 e. The van der Waals surface area contributed by atoms with E-state index in [0.717, 1.165) is 12.1 Å². The summed E-state index contributed by atoms with van der Waals surface area (Å²) in [5, 5.41) is 7.19. The van der Waals surface area contributed by atoms with Gasteiger partial charge in [0.25, 0.3) is 0 Å². The maximum atomic E-state index is 12.4. The molecule has 0 aliphatic heterocycles. The first-order valence-electron chi connectivity index (χ1n) is 5.39. The highest BCUT2D eigenvalue weighted by Gasteiger charge is 2.29. The lowest BCUT2D eigenvalue weighted by Gasteiger charge is -2.09. The number of hydrogen-bond donors (Lipinski definition) is 1. The summed E-state index contributed by atoms with van der Waals surface area (Å²) >= 11 is 1.62. The van der Waals surface area contributed by atoms with E-state index in [2.05, 4.69) is 5.32 Å². The van der Waals surface area contributed by atoms with Crippen LogP contribution in [0.4, 0.5) is 18.9 Å². The maximum Gasteiger partial charge on any atom is 0.416 e. The lowest BCUT2D eigenvalue weighted by atomic mass is 10.2. The van der Waals surface area contributed by atoms with Crippen LogP contribution in [0, 0.1) is 6.92 Å². The summed E-state index contributed by atoms with van der Waals surface area (Å²) in [6, 6.07) is 5.07. The molecule has 0 fully saturated rings. The molecule has 5 heteroatoms. The Balaban J connectivity index is 2.01. The van der Waals surface area contributed by atoms with Crippen molar-refractivity contribution < 1.29 is 13.2 Å². The van der Waals surface area contributed by atoms with Crippen LogP contribution in [-0.2, 0) is 12.7 Å².